The molecule has 1 N–H and O–H groups in total. The minimum Gasteiger partial charge on any atom is -0.481 e. The summed E-state index contributed by atoms with van der Waals surface area (Å²) in [5, 5.41) is 13.9. The molecule has 0 radical (unpaired) electrons. The molecule has 1 aliphatic rings. The molecule has 1 saturated heterocycles. The van der Waals surface area contributed by atoms with Crippen LogP contribution in [0.5, 0.6) is 0 Å². The van der Waals surface area contributed by atoms with Gasteiger partial charge in [0.15, 0.2) is 0 Å². The molecule has 0 unspecified atom stereocenters. The maximum Gasteiger partial charge on any atom is 0.306 e. The van der Waals surface area contributed by atoms with Gasteiger partial charge in [0.05, 0.1) is 23.9 Å². The van der Waals surface area contributed by atoms with Crippen molar-refractivity contribution >= 4 is 28.2 Å². The van der Waals surface area contributed by atoms with Crippen molar-refractivity contribution in [1.29, 1.82) is 0 Å². The highest BCUT2D eigenvalue weighted by molar-refractivity contribution is 7.10. The number of fused-ring (bicyclic) bond motifs is 1. The highest BCUT2D eigenvalue weighted by Crippen LogP contribution is 2.42. The molecule has 1 fully saturated rings. The van der Waals surface area contributed by atoms with E-state index in [-0.39, 0.29) is 5.92 Å². The molecule has 0 spiro atoms. The predicted octanol–water partition coefficient (Wildman–Crippen LogP) is 9.46. The normalized spacial score (nSPS) is 14.5. The average Bonchev–Trinajstić information content (AvgIpc) is 3.64. The number of rotatable bonds is 12. The van der Waals surface area contributed by atoms with Crippen LogP contribution in [-0.2, 0) is 17.9 Å². The maximum absolute atomic E-state index is 11.4. The summed E-state index contributed by atoms with van der Waals surface area (Å²) in [7, 11) is 0. The van der Waals surface area contributed by atoms with Crippen molar-refractivity contribution in [2.75, 3.05) is 13.1 Å². The smallest absolute Gasteiger partial charge is 0.306 e. The number of hydrogen-bond donors (Lipinski definition) is 1. The first-order valence-corrected chi connectivity index (χ1v) is 17.1. The van der Waals surface area contributed by atoms with Crippen molar-refractivity contribution in [3.05, 3.63) is 100 Å². The van der Waals surface area contributed by atoms with Crippen LogP contribution in [0, 0.1) is 5.92 Å². The van der Waals surface area contributed by atoms with Crippen LogP contribution in [-0.4, -0.2) is 38.6 Å². The van der Waals surface area contributed by atoms with Crippen LogP contribution in [0.4, 0.5) is 0 Å². The molecule has 3 heterocycles. The van der Waals surface area contributed by atoms with Gasteiger partial charge >= 0.3 is 5.97 Å². The van der Waals surface area contributed by atoms with Crippen molar-refractivity contribution in [2.45, 2.75) is 71.4 Å². The first kappa shape index (κ1) is 30.3. The molecule has 5 aromatic rings. The Balaban J connectivity index is 1.36. The number of likely N-dealkylation sites (tertiary alicyclic amines) is 1. The lowest BCUT2D eigenvalue weighted by atomic mass is 9.90. The van der Waals surface area contributed by atoms with Gasteiger partial charge in [0.25, 0.3) is 0 Å². The van der Waals surface area contributed by atoms with Crippen molar-refractivity contribution in [1.82, 2.24) is 14.5 Å². The van der Waals surface area contributed by atoms with Gasteiger partial charge in [-0.1, -0.05) is 99.5 Å². The Morgan fingerprint density at radius 3 is 2.27 bits per heavy atom. The number of para-hydroxylation sites is 1. The minimum atomic E-state index is -0.667. The second kappa shape index (κ2) is 13.9. The van der Waals surface area contributed by atoms with Crippen LogP contribution >= 0.6 is 11.3 Å². The molecular formula is C38H43N3O2S. The van der Waals surface area contributed by atoms with Crippen molar-refractivity contribution in [3.63, 3.8) is 0 Å². The fourth-order valence-corrected chi connectivity index (χ4v) is 7.73. The number of carbonyl (C=O) groups is 1. The topological polar surface area (TPSA) is 58.4 Å². The van der Waals surface area contributed by atoms with Crippen LogP contribution in [0.25, 0.3) is 33.4 Å². The molecule has 2 aromatic heterocycles. The Morgan fingerprint density at radius 1 is 0.909 bits per heavy atom. The molecule has 5 nitrogen and oxygen atoms in total. The highest BCUT2D eigenvalue weighted by Gasteiger charge is 2.26. The van der Waals surface area contributed by atoms with E-state index in [4.69, 9.17) is 4.98 Å². The summed E-state index contributed by atoms with van der Waals surface area (Å²) in [5.74, 6) is -0.248. The first-order valence-electron chi connectivity index (χ1n) is 16.2. The first-order chi connectivity index (χ1) is 21.6. The minimum absolute atomic E-state index is 0.219. The number of carboxylic acids is 1. The lowest BCUT2D eigenvalue weighted by Crippen LogP contribution is -2.35. The van der Waals surface area contributed by atoms with E-state index >= 15 is 0 Å². The summed E-state index contributed by atoms with van der Waals surface area (Å²) < 4.78 is 2.47. The van der Waals surface area contributed by atoms with Gasteiger partial charge in [-0.05, 0) is 67.4 Å². The van der Waals surface area contributed by atoms with Crippen molar-refractivity contribution < 1.29 is 9.90 Å². The van der Waals surface area contributed by atoms with E-state index in [0.29, 0.717) is 18.8 Å². The molecule has 0 aliphatic carbocycles. The quantitative estimate of drug-likeness (QED) is 0.154. The molecule has 3 aromatic carbocycles. The number of aliphatic carboxylic acids is 1. The number of thiazole rings is 1. The third-order valence-corrected chi connectivity index (χ3v) is 10.0. The molecule has 44 heavy (non-hydrogen) atoms. The van der Waals surface area contributed by atoms with E-state index in [1.165, 1.54) is 64.5 Å². The summed E-state index contributed by atoms with van der Waals surface area (Å²) in [5.41, 5.74) is 8.55. The van der Waals surface area contributed by atoms with Gasteiger partial charge in [-0.3, -0.25) is 9.69 Å². The van der Waals surface area contributed by atoms with E-state index < -0.39 is 5.97 Å². The standard InChI is InChI=1S/C38H43N3O2S/c1-3-10-28(11-4-2)29-18-16-27(17-19-29)24-41-34-15-9-8-14-32(34)36(37(41)30-12-6-5-7-13-30)33-26-44-35(39-33)25-40-22-20-31(21-23-40)38(42)43/h5-9,12-19,26,28,31H,3-4,10-11,20-25H2,1-2H3,(H,42,43). The molecule has 228 valence electrons. The Kier molecular flexibility index (Phi) is 9.58. The highest BCUT2D eigenvalue weighted by atomic mass is 32.1. The zero-order valence-corrected chi connectivity index (χ0v) is 26.7. The van der Waals surface area contributed by atoms with Crippen LogP contribution in [0.2, 0.25) is 0 Å². The third-order valence-electron chi connectivity index (χ3n) is 9.19. The lowest BCUT2D eigenvalue weighted by Gasteiger charge is -2.29. The van der Waals surface area contributed by atoms with Crippen LogP contribution in [0.3, 0.4) is 0 Å². The van der Waals surface area contributed by atoms with Gasteiger partial charge in [0.2, 0.25) is 0 Å². The summed E-state index contributed by atoms with van der Waals surface area (Å²) in [4.78, 5) is 19.0. The SMILES string of the molecule is CCCC(CCC)c1ccc(Cn2c(-c3ccccc3)c(-c3csc(CN4CCC(C(=O)O)CC4)n3)c3ccccc32)cc1. The van der Waals surface area contributed by atoms with E-state index in [1.807, 2.05) is 0 Å². The predicted molar refractivity (Wildman–Crippen MR) is 182 cm³/mol. The van der Waals surface area contributed by atoms with Gasteiger partial charge < -0.3 is 9.67 Å². The monoisotopic (exact) mass is 605 g/mol. The van der Waals surface area contributed by atoms with E-state index in [9.17, 15) is 9.90 Å². The third kappa shape index (κ3) is 6.52. The van der Waals surface area contributed by atoms with Crippen LogP contribution in [0.1, 0.15) is 74.4 Å². The average molecular weight is 606 g/mol. The van der Waals surface area contributed by atoms with Crippen LogP contribution < -0.4 is 0 Å². The number of carboxylic acid groups (broad SMARTS) is 1. The zero-order chi connectivity index (χ0) is 30.5. The van der Waals surface area contributed by atoms with Gasteiger partial charge in [-0.15, -0.1) is 11.3 Å². The Labute approximate surface area is 265 Å². The van der Waals surface area contributed by atoms with Gasteiger partial charge in [-0.25, -0.2) is 4.98 Å². The molecule has 1 aliphatic heterocycles. The van der Waals surface area contributed by atoms with Crippen molar-refractivity contribution in [2.24, 2.45) is 5.92 Å². The molecule has 0 amide bonds. The Hall–Kier alpha value is -3.74. The molecular weight excluding hydrogens is 563 g/mol. The number of aromatic nitrogens is 2. The zero-order valence-electron chi connectivity index (χ0n) is 25.9. The largest absolute Gasteiger partial charge is 0.481 e. The van der Waals surface area contributed by atoms with Gasteiger partial charge in [-0.2, -0.15) is 0 Å². The van der Waals surface area contributed by atoms with Gasteiger partial charge in [0, 0.05) is 28.4 Å². The molecule has 6 rings (SSSR count). The molecule has 0 saturated carbocycles. The van der Waals surface area contributed by atoms with E-state index in [0.717, 1.165) is 36.9 Å². The fourth-order valence-electron chi connectivity index (χ4n) is 6.90. The summed E-state index contributed by atoms with van der Waals surface area (Å²) in [6, 6.07) is 28.8. The summed E-state index contributed by atoms with van der Waals surface area (Å²) >= 11 is 1.70. The molecule has 6 heteroatoms. The molecule has 0 bridgehead atoms. The fraction of sp³-hybridized carbons (Fsp3) is 0.368. The number of hydrogen-bond acceptors (Lipinski definition) is 4. The van der Waals surface area contributed by atoms with E-state index in [2.05, 4.69) is 108 Å². The molecule has 0 atom stereocenters. The number of nitrogens with zero attached hydrogens (tertiary/aromatic N) is 3. The number of piperidine rings is 1. The van der Waals surface area contributed by atoms with E-state index in [1.54, 1.807) is 11.3 Å². The lowest BCUT2D eigenvalue weighted by molar-refractivity contribution is -0.143. The van der Waals surface area contributed by atoms with Gasteiger partial charge in [0.1, 0.15) is 5.01 Å². The van der Waals surface area contributed by atoms with Crippen LogP contribution in [0.15, 0.2) is 84.2 Å². The summed E-state index contributed by atoms with van der Waals surface area (Å²) in [6.07, 6.45) is 6.33. The number of benzene rings is 3. The Morgan fingerprint density at radius 2 is 1.59 bits per heavy atom. The Bertz CT molecular complexity index is 1670. The summed E-state index contributed by atoms with van der Waals surface area (Å²) in [6.45, 7) is 7.72. The second-order valence-electron chi connectivity index (χ2n) is 12.2. The maximum atomic E-state index is 11.4. The second-order valence-corrected chi connectivity index (χ2v) is 13.2. The van der Waals surface area contributed by atoms with Crippen molar-refractivity contribution in [3.8, 4) is 22.5 Å².